The molecule has 0 bridgehead atoms. The minimum absolute atomic E-state index is 0.300. The van der Waals surface area contributed by atoms with Crippen molar-refractivity contribution in [3.05, 3.63) is 83.1 Å². The number of hydrogen-bond donors (Lipinski definition) is 1. The first kappa shape index (κ1) is 21.0. The van der Waals surface area contributed by atoms with E-state index in [1.807, 2.05) is 41.1 Å². The second-order valence-corrected chi connectivity index (χ2v) is 8.17. The van der Waals surface area contributed by atoms with E-state index in [1.165, 1.54) is 6.33 Å². The maximum atomic E-state index is 6.51. The van der Waals surface area contributed by atoms with Crippen LogP contribution in [0.1, 0.15) is 5.56 Å². The van der Waals surface area contributed by atoms with E-state index >= 15 is 0 Å². The van der Waals surface area contributed by atoms with Gasteiger partial charge in [-0.1, -0.05) is 41.4 Å². The van der Waals surface area contributed by atoms with E-state index in [4.69, 9.17) is 37.4 Å². The first-order valence-electron chi connectivity index (χ1n) is 9.93. The summed E-state index contributed by atoms with van der Waals surface area (Å²) in [7, 11) is 0. The summed E-state index contributed by atoms with van der Waals surface area (Å²) in [4.78, 5) is 8.28. The highest BCUT2D eigenvalue weighted by atomic mass is 35.5. The lowest BCUT2D eigenvalue weighted by Crippen LogP contribution is -2.34. The zero-order valence-electron chi connectivity index (χ0n) is 16.8. The van der Waals surface area contributed by atoms with Gasteiger partial charge in [-0.15, -0.1) is 0 Å². The summed E-state index contributed by atoms with van der Waals surface area (Å²) in [5.74, 6) is 0.206. The number of imidazole rings is 1. The summed E-state index contributed by atoms with van der Waals surface area (Å²) in [5, 5.41) is 7.83. The Kier molecular flexibility index (Phi) is 5.84. The molecule has 1 fully saturated rings. The number of rotatable bonds is 7. The Morgan fingerprint density at radius 3 is 2.94 bits per heavy atom. The van der Waals surface area contributed by atoms with Crippen molar-refractivity contribution in [2.24, 2.45) is 0 Å². The van der Waals surface area contributed by atoms with Gasteiger partial charge in [-0.3, -0.25) is 5.10 Å². The molecule has 5 rings (SSSR count). The van der Waals surface area contributed by atoms with E-state index in [0.29, 0.717) is 46.9 Å². The lowest BCUT2D eigenvalue weighted by atomic mass is 10.1. The van der Waals surface area contributed by atoms with Crippen LogP contribution in [0.2, 0.25) is 10.0 Å². The van der Waals surface area contributed by atoms with Gasteiger partial charge in [-0.2, -0.15) is 5.10 Å². The predicted molar refractivity (Wildman–Crippen MR) is 119 cm³/mol. The van der Waals surface area contributed by atoms with Crippen LogP contribution in [0.15, 0.2) is 67.5 Å². The molecule has 1 aliphatic heterocycles. The van der Waals surface area contributed by atoms with Crippen molar-refractivity contribution in [2.75, 3.05) is 13.2 Å². The lowest BCUT2D eigenvalue weighted by molar-refractivity contribution is -0.189. The third kappa shape index (κ3) is 4.35. The number of hydrogen-bond acceptors (Lipinski definition) is 6. The van der Waals surface area contributed by atoms with Gasteiger partial charge in [0.25, 0.3) is 0 Å². The summed E-state index contributed by atoms with van der Waals surface area (Å²) in [6, 6.07) is 12.8. The van der Waals surface area contributed by atoms with E-state index in [-0.39, 0.29) is 6.10 Å². The third-order valence-corrected chi connectivity index (χ3v) is 5.64. The smallest absolute Gasteiger partial charge is 0.215 e. The molecule has 0 radical (unpaired) electrons. The molecular formula is C22H19Cl2N5O3. The molecular weight excluding hydrogens is 453 g/mol. The fourth-order valence-corrected chi connectivity index (χ4v) is 4.19. The fraction of sp³-hybridized carbons (Fsp3) is 0.227. The van der Waals surface area contributed by atoms with Crippen molar-refractivity contribution in [3.63, 3.8) is 0 Å². The Hall–Kier alpha value is -2.91. The highest BCUT2D eigenvalue weighted by Gasteiger charge is 2.45. The molecule has 0 aliphatic carbocycles. The minimum atomic E-state index is -1.09. The largest absolute Gasteiger partial charge is 0.491 e. The van der Waals surface area contributed by atoms with Crippen molar-refractivity contribution in [2.45, 2.75) is 18.4 Å². The second kappa shape index (κ2) is 8.91. The summed E-state index contributed by atoms with van der Waals surface area (Å²) >= 11 is 12.6. The van der Waals surface area contributed by atoms with Gasteiger partial charge in [0.05, 0.1) is 24.5 Å². The van der Waals surface area contributed by atoms with Gasteiger partial charge in [0.2, 0.25) is 5.79 Å². The van der Waals surface area contributed by atoms with Gasteiger partial charge in [-0.25, -0.2) is 9.97 Å². The molecule has 10 heteroatoms. The number of halogens is 2. The molecule has 2 aromatic heterocycles. The first-order chi connectivity index (χ1) is 15.6. The number of aromatic nitrogens is 5. The number of aromatic amines is 1. The molecule has 2 aromatic carbocycles. The Labute approximate surface area is 194 Å². The molecule has 1 aliphatic rings. The fourth-order valence-electron chi connectivity index (χ4n) is 3.64. The number of H-pyrrole nitrogens is 1. The molecule has 0 amide bonds. The molecule has 8 nitrogen and oxygen atoms in total. The molecule has 1 saturated heterocycles. The SMILES string of the molecule is Clc1ccc(C2(Cn3ccnc3)OCC(COc3cccc(-c4nc[nH]n4)c3)O2)c(Cl)c1. The minimum Gasteiger partial charge on any atom is -0.491 e. The molecule has 32 heavy (non-hydrogen) atoms. The van der Waals surface area contributed by atoms with Crippen molar-refractivity contribution >= 4 is 23.2 Å². The van der Waals surface area contributed by atoms with E-state index in [1.54, 1.807) is 24.7 Å². The van der Waals surface area contributed by atoms with Gasteiger partial charge in [0.1, 0.15) is 24.8 Å². The van der Waals surface area contributed by atoms with Gasteiger partial charge in [0, 0.05) is 28.5 Å². The van der Waals surface area contributed by atoms with E-state index in [0.717, 1.165) is 5.56 Å². The average Bonchev–Trinajstić information content (AvgIpc) is 3.56. The van der Waals surface area contributed by atoms with Crippen molar-refractivity contribution in [3.8, 4) is 17.1 Å². The van der Waals surface area contributed by atoms with Crippen LogP contribution in [-0.4, -0.2) is 44.1 Å². The number of nitrogens with zero attached hydrogens (tertiary/aromatic N) is 4. The molecule has 3 heterocycles. The zero-order chi connectivity index (χ0) is 22.0. The monoisotopic (exact) mass is 471 g/mol. The first-order valence-corrected chi connectivity index (χ1v) is 10.7. The van der Waals surface area contributed by atoms with E-state index < -0.39 is 5.79 Å². The van der Waals surface area contributed by atoms with Crippen molar-refractivity contribution in [1.82, 2.24) is 24.7 Å². The Morgan fingerprint density at radius 1 is 1.22 bits per heavy atom. The number of nitrogens with one attached hydrogen (secondary N) is 1. The van der Waals surface area contributed by atoms with Crippen LogP contribution in [-0.2, 0) is 21.8 Å². The lowest BCUT2D eigenvalue weighted by Gasteiger charge is -2.30. The average molecular weight is 472 g/mol. The van der Waals surface area contributed by atoms with Crippen molar-refractivity contribution in [1.29, 1.82) is 0 Å². The van der Waals surface area contributed by atoms with Crippen molar-refractivity contribution < 1.29 is 14.2 Å². The molecule has 0 spiro atoms. The molecule has 0 saturated carbocycles. The van der Waals surface area contributed by atoms with Crippen LogP contribution in [0.5, 0.6) is 5.75 Å². The van der Waals surface area contributed by atoms with Crippen LogP contribution >= 0.6 is 23.2 Å². The van der Waals surface area contributed by atoms with Gasteiger partial charge in [0.15, 0.2) is 5.82 Å². The Balaban J connectivity index is 1.33. The molecule has 2 atom stereocenters. The second-order valence-electron chi connectivity index (χ2n) is 7.32. The van der Waals surface area contributed by atoms with Gasteiger partial charge in [-0.05, 0) is 24.3 Å². The molecule has 164 valence electrons. The van der Waals surface area contributed by atoms with Gasteiger partial charge < -0.3 is 18.8 Å². The predicted octanol–water partition coefficient (Wildman–Crippen LogP) is 4.32. The maximum Gasteiger partial charge on any atom is 0.215 e. The third-order valence-electron chi connectivity index (χ3n) is 5.09. The summed E-state index contributed by atoms with van der Waals surface area (Å²) in [6.45, 7) is 1.02. The highest BCUT2D eigenvalue weighted by molar-refractivity contribution is 6.35. The number of benzene rings is 2. The Bertz CT molecular complexity index is 1190. The molecule has 2 unspecified atom stereocenters. The van der Waals surface area contributed by atoms with Crippen LogP contribution in [0.3, 0.4) is 0 Å². The number of ether oxygens (including phenoxy) is 3. The summed E-state index contributed by atoms with van der Waals surface area (Å²) in [5.41, 5.74) is 1.56. The van der Waals surface area contributed by atoms with Gasteiger partial charge >= 0.3 is 0 Å². The van der Waals surface area contributed by atoms with Crippen LogP contribution in [0, 0.1) is 0 Å². The topological polar surface area (TPSA) is 87.1 Å². The maximum absolute atomic E-state index is 6.51. The van der Waals surface area contributed by atoms with E-state index in [2.05, 4.69) is 20.2 Å². The van der Waals surface area contributed by atoms with Crippen LogP contribution in [0.25, 0.3) is 11.4 Å². The quantitative estimate of drug-likeness (QED) is 0.431. The van der Waals surface area contributed by atoms with Crippen LogP contribution < -0.4 is 4.74 Å². The molecule has 1 N–H and O–H groups in total. The summed E-state index contributed by atoms with van der Waals surface area (Å²) < 4.78 is 20.5. The normalized spacial score (nSPS) is 20.5. The Morgan fingerprint density at radius 2 is 2.16 bits per heavy atom. The van der Waals surface area contributed by atoms with Crippen LogP contribution in [0.4, 0.5) is 0 Å². The zero-order valence-corrected chi connectivity index (χ0v) is 18.3. The highest BCUT2D eigenvalue weighted by Crippen LogP contribution is 2.40. The molecule has 4 aromatic rings. The van der Waals surface area contributed by atoms with E-state index in [9.17, 15) is 0 Å². The summed E-state index contributed by atoms with van der Waals surface area (Å²) in [6.07, 6.45) is 6.48. The standard InChI is InChI=1S/C22H19Cl2N5O3/c23-16-4-5-19(20(24)9-16)22(12-29-7-6-25-14-29)31-11-18(32-22)10-30-17-3-1-2-15(8-17)21-26-13-27-28-21/h1-9,13-14,18H,10-12H2,(H,26,27,28).